The van der Waals surface area contributed by atoms with Gasteiger partial charge in [-0.1, -0.05) is 19.3 Å². The van der Waals surface area contributed by atoms with Crippen LogP contribution in [0.5, 0.6) is 0 Å². The SMILES string of the molecule is C[C@@]12C[C@@H]1OCCCN(C1CCCCC1)C2=O. The monoisotopic (exact) mass is 237 g/mol. The molecular weight excluding hydrogens is 214 g/mol. The number of rotatable bonds is 1. The summed E-state index contributed by atoms with van der Waals surface area (Å²) in [5.41, 5.74) is -0.183. The number of hydrogen-bond donors (Lipinski definition) is 0. The zero-order valence-corrected chi connectivity index (χ0v) is 10.8. The molecule has 2 saturated carbocycles. The number of ether oxygens (including phenoxy) is 1. The lowest BCUT2D eigenvalue weighted by Gasteiger charge is -2.37. The van der Waals surface area contributed by atoms with Crippen LogP contribution < -0.4 is 0 Å². The van der Waals surface area contributed by atoms with Crippen molar-refractivity contribution >= 4 is 5.91 Å². The summed E-state index contributed by atoms with van der Waals surface area (Å²) < 4.78 is 5.72. The molecule has 3 heteroatoms. The highest BCUT2D eigenvalue weighted by Crippen LogP contribution is 2.50. The van der Waals surface area contributed by atoms with E-state index in [1.807, 2.05) is 0 Å². The van der Waals surface area contributed by atoms with Crippen LogP contribution in [-0.4, -0.2) is 36.1 Å². The van der Waals surface area contributed by atoms with Crippen LogP contribution >= 0.6 is 0 Å². The highest BCUT2D eigenvalue weighted by Gasteiger charge is 2.59. The number of amides is 1. The maximum absolute atomic E-state index is 12.6. The van der Waals surface area contributed by atoms with Gasteiger partial charge in [-0.15, -0.1) is 0 Å². The van der Waals surface area contributed by atoms with E-state index in [1.54, 1.807) is 0 Å². The molecular formula is C14H23NO2. The molecule has 17 heavy (non-hydrogen) atoms. The average molecular weight is 237 g/mol. The molecule has 0 aromatic rings. The van der Waals surface area contributed by atoms with Crippen molar-refractivity contribution in [1.29, 1.82) is 0 Å². The molecule has 1 heterocycles. The summed E-state index contributed by atoms with van der Waals surface area (Å²) in [5.74, 6) is 0.370. The van der Waals surface area contributed by atoms with Crippen molar-refractivity contribution in [2.45, 2.75) is 64.0 Å². The predicted octanol–water partition coefficient (Wildman–Crippen LogP) is 2.35. The Bertz CT molecular complexity index is 311. The molecule has 1 saturated heterocycles. The molecule has 2 aliphatic carbocycles. The maximum Gasteiger partial charge on any atom is 0.231 e. The first kappa shape index (κ1) is 11.5. The van der Waals surface area contributed by atoms with Crippen LogP contribution in [0.1, 0.15) is 51.9 Å². The Morgan fingerprint density at radius 1 is 1.24 bits per heavy atom. The molecule has 0 bridgehead atoms. The molecule has 0 aromatic carbocycles. The zero-order chi connectivity index (χ0) is 11.9. The van der Waals surface area contributed by atoms with Crippen molar-refractivity contribution < 1.29 is 9.53 Å². The summed E-state index contributed by atoms with van der Waals surface area (Å²) in [7, 11) is 0. The Balaban J connectivity index is 1.74. The van der Waals surface area contributed by atoms with Gasteiger partial charge >= 0.3 is 0 Å². The number of nitrogens with zero attached hydrogens (tertiary/aromatic N) is 1. The highest BCUT2D eigenvalue weighted by atomic mass is 16.5. The van der Waals surface area contributed by atoms with Crippen LogP contribution in [0.15, 0.2) is 0 Å². The minimum atomic E-state index is -0.183. The molecule has 0 spiro atoms. The summed E-state index contributed by atoms with van der Waals surface area (Å²) in [6.07, 6.45) is 8.53. The number of carbonyl (C=O) groups excluding carboxylic acids is 1. The lowest BCUT2D eigenvalue weighted by atomic mass is 9.92. The minimum absolute atomic E-state index is 0.183. The third kappa shape index (κ3) is 1.99. The Hall–Kier alpha value is -0.570. The van der Waals surface area contributed by atoms with Crippen molar-refractivity contribution in [3.05, 3.63) is 0 Å². The lowest BCUT2D eigenvalue weighted by molar-refractivity contribution is -0.143. The van der Waals surface area contributed by atoms with Gasteiger partial charge in [0.15, 0.2) is 0 Å². The quantitative estimate of drug-likeness (QED) is 0.700. The first-order valence-corrected chi connectivity index (χ1v) is 7.14. The predicted molar refractivity (Wildman–Crippen MR) is 65.7 cm³/mol. The van der Waals surface area contributed by atoms with Gasteiger partial charge in [0.1, 0.15) is 0 Å². The van der Waals surface area contributed by atoms with Gasteiger partial charge in [0.25, 0.3) is 0 Å². The first-order valence-electron chi connectivity index (χ1n) is 7.14. The summed E-state index contributed by atoms with van der Waals surface area (Å²) in [6, 6.07) is 0.521. The standard InChI is InChI=1S/C14H23NO2/c1-14-10-12(14)17-9-5-8-15(13(14)16)11-6-3-2-4-7-11/h11-12H,2-10H2,1H3/t12-,14+/m0/s1. The van der Waals surface area contributed by atoms with Crippen LogP contribution in [0.3, 0.4) is 0 Å². The highest BCUT2D eigenvalue weighted by molar-refractivity contribution is 5.86. The van der Waals surface area contributed by atoms with Gasteiger partial charge in [0.05, 0.1) is 11.5 Å². The van der Waals surface area contributed by atoms with E-state index in [1.165, 1.54) is 32.1 Å². The van der Waals surface area contributed by atoms with Crippen molar-refractivity contribution in [3.63, 3.8) is 0 Å². The van der Waals surface area contributed by atoms with E-state index < -0.39 is 0 Å². The van der Waals surface area contributed by atoms with Crippen molar-refractivity contribution in [1.82, 2.24) is 4.90 Å². The van der Waals surface area contributed by atoms with Crippen molar-refractivity contribution in [3.8, 4) is 0 Å². The summed E-state index contributed by atoms with van der Waals surface area (Å²) in [5, 5.41) is 0. The average Bonchev–Trinajstić information content (AvgIpc) is 3.00. The number of carbonyl (C=O) groups is 1. The van der Waals surface area contributed by atoms with E-state index in [0.717, 1.165) is 26.0 Å². The number of hydrogen-bond acceptors (Lipinski definition) is 2. The van der Waals surface area contributed by atoms with Crippen LogP contribution in [0.25, 0.3) is 0 Å². The molecule has 3 rings (SSSR count). The van der Waals surface area contributed by atoms with Gasteiger partial charge in [-0.3, -0.25) is 4.79 Å². The fourth-order valence-corrected chi connectivity index (χ4v) is 3.43. The Kier molecular flexibility index (Phi) is 2.89. The molecule has 0 aromatic heterocycles. The molecule has 1 amide bonds. The third-order valence-corrected chi connectivity index (χ3v) is 4.79. The molecule has 96 valence electrons. The second-order valence-corrected chi connectivity index (χ2v) is 6.12. The van der Waals surface area contributed by atoms with Gasteiger partial charge in [-0.2, -0.15) is 0 Å². The molecule has 0 unspecified atom stereocenters. The Morgan fingerprint density at radius 3 is 2.76 bits per heavy atom. The van der Waals surface area contributed by atoms with E-state index >= 15 is 0 Å². The summed E-state index contributed by atoms with van der Waals surface area (Å²) >= 11 is 0. The van der Waals surface area contributed by atoms with E-state index in [0.29, 0.717) is 11.9 Å². The summed E-state index contributed by atoms with van der Waals surface area (Å²) in [4.78, 5) is 14.8. The fourth-order valence-electron chi connectivity index (χ4n) is 3.43. The van der Waals surface area contributed by atoms with Gasteiger partial charge in [0.2, 0.25) is 5.91 Å². The number of fused-ring (bicyclic) bond motifs is 1. The third-order valence-electron chi connectivity index (χ3n) is 4.79. The second-order valence-electron chi connectivity index (χ2n) is 6.12. The molecule has 3 nitrogen and oxygen atoms in total. The van der Waals surface area contributed by atoms with E-state index in [-0.39, 0.29) is 11.5 Å². The van der Waals surface area contributed by atoms with Crippen LogP contribution in [-0.2, 0) is 9.53 Å². The zero-order valence-electron chi connectivity index (χ0n) is 10.8. The van der Waals surface area contributed by atoms with Crippen LogP contribution in [0, 0.1) is 5.41 Å². The van der Waals surface area contributed by atoms with Gasteiger partial charge in [0, 0.05) is 19.2 Å². The van der Waals surface area contributed by atoms with Crippen LogP contribution in [0.2, 0.25) is 0 Å². The molecule has 0 radical (unpaired) electrons. The van der Waals surface area contributed by atoms with Gasteiger partial charge < -0.3 is 9.64 Å². The van der Waals surface area contributed by atoms with E-state index in [9.17, 15) is 4.79 Å². The normalized spacial score (nSPS) is 39.5. The van der Waals surface area contributed by atoms with Gasteiger partial charge in [-0.05, 0) is 32.6 Å². The molecule has 2 atom stereocenters. The van der Waals surface area contributed by atoms with Crippen molar-refractivity contribution in [2.24, 2.45) is 5.41 Å². The summed E-state index contributed by atoms with van der Waals surface area (Å²) in [6.45, 7) is 3.82. The second kappa shape index (κ2) is 4.27. The molecule has 1 aliphatic heterocycles. The van der Waals surface area contributed by atoms with Crippen LogP contribution in [0.4, 0.5) is 0 Å². The Morgan fingerprint density at radius 2 is 2.00 bits per heavy atom. The minimum Gasteiger partial charge on any atom is -0.377 e. The van der Waals surface area contributed by atoms with E-state index in [4.69, 9.17) is 4.74 Å². The lowest BCUT2D eigenvalue weighted by Crippen LogP contribution is -2.47. The maximum atomic E-state index is 12.6. The fraction of sp³-hybridized carbons (Fsp3) is 0.929. The largest absolute Gasteiger partial charge is 0.377 e. The first-order chi connectivity index (χ1) is 8.22. The molecule has 0 N–H and O–H groups in total. The van der Waals surface area contributed by atoms with E-state index in [2.05, 4.69) is 11.8 Å². The van der Waals surface area contributed by atoms with Gasteiger partial charge in [-0.25, -0.2) is 0 Å². The topological polar surface area (TPSA) is 29.5 Å². The molecule has 3 fully saturated rings. The van der Waals surface area contributed by atoms with Crippen molar-refractivity contribution in [2.75, 3.05) is 13.2 Å². The Labute approximate surface area is 104 Å². The molecule has 3 aliphatic rings. The smallest absolute Gasteiger partial charge is 0.231 e.